The van der Waals surface area contributed by atoms with Crippen LogP contribution in [0.3, 0.4) is 0 Å². The number of halogens is 1. The maximum absolute atomic E-state index is 12.4. The average molecular weight is 455 g/mol. The average Bonchev–Trinajstić information content (AvgIpc) is 2.72. The van der Waals surface area contributed by atoms with Gasteiger partial charge in [0.2, 0.25) is 10.0 Å². The molecule has 0 saturated heterocycles. The molecule has 1 N–H and O–H groups in total. The highest BCUT2D eigenvalue weighted by Crippen LogP contribution is 2.19. The minimum atomic E-state index is -3.57. The van der Waals surface area contributed by atoms with Crippen LogP contribution in [0.2, 0.25) is 5.02 Å². The van der Waals surface area contributed by atoms with Crippen molar-refractivity contribution >= 4 is 39.2 Å². The normalized spacial score (nSPS) is 11.2. The predicted molar refractivity (Wildman–Crippen MR) is 113 cm³/mol. The lowest BCUT2D eigenvalue weighted by Gasteiger charge is -2.18. The number of carbonyl (C=O) groups excluding carboxylic acids is 2. The van der Waals surface area contributed by atoms with Gasteiger partial charge in [-0.2, -0.15) is 4.31 Å². The number of ether oxygens (including phenoxy) is 2. The summed E-state index contributed by atoms with van der Waals surface area (Å²) in [5.41, 5.74) is 0.379. The van der Waals surface area contributed by atoms with E-state index in [1.165, 1.54) is 28.6 Å². The molecular weight excluding hydrogens is 432 g/mol. The first kappa shape index (κ1) is 23.7. The summed E-state index contributed by atoms with van der Waals surface area (Å²) in [6, 6.07) is 12.3. The lowest BCUT2D eigenvalue weighted by molar-refractivity contribution is -0.149. The summed E-state index contributed by atoms with van der Waals surface area (Å²) in [6.45, 7) is 3.38. The van der Waals surface area contributed by atoms with Crippen molar-refractivity contribution < 1.29 is 27.5 Å². The molecule has 162 valence electrons. The van der Waals surface area contributed by atoms with Gasteiger partial charge in [0.1, 0.15) is 5.75 Å². The Bertz CT molecular complexity index is 975. The van der Waals surface area contributed by atoms with Gasteiger partial charge in [0.25, 0.3) is 5.91 Å². The highest BCUT2D eigenvalue weighted by molar-refractivity contribution is 7.89. The van der Waals surface area contributed by atoms with Crippen LogP contribution in [0.4, 0.5) is 5.69 Å². The minimum absolute atomic E-state index is 0.133. The Labute approximate surface area is 180 Å². The standard InChI is InChI=1S/C20H23ClN2O6S/c1-3-23(4-2)30(26,27)18-10-8-16(9-11-18)22-19(24)13-29-20(25)14-28-17-7-5-6-15(21)12-17/h5-12H,3-4,13-14H2,1-2H3,(H,22,24). The summed E-state index contributed by atoms with van der Waals surface area (Å²) in [4.78, 5) is 23.8. The van der Waals surface area contributed by atoms with E-state index in [-0.39, 0.29) is 11.5 Å². The molecule has 0 heterocycles. The smallest absolute Gasteiger partial charge is 0.344 e. The highest BCUT2D eigenvalue weighted by Gasteiger charge is 2.21. The van der Waals surface area contributed by atoms with Crippen LogP contribution in [0.25, 0.3) is 0 Å². The molecule has 0 aliphatic heterocycles. The van der Waals surface area contributed by atoms with Gasteiger partial charge in [-0.3, -0.25) is 4.79 Å². The minimum Gasteiger partial charge on any atom is -0.482 e. The monoisotopic (exact) mass is 454 g/mol. The van der Waals surface area contributed by atoms with E-state index >= 15 is 0 Å². The van der Waals surface area contributed by atoms with E-state index in [9.17, 15) is 18.0 Å². The van der Waals surface area contributed by atoms with Crippen molar-refractivity contribution in [1.82, 2.24) is 4.31 Å². The largest absolute Gasteiger partial charge is 0.482 e. The SMILES string of the molecule is CCN(CC)S(=O)(=O)c1ccc(NC(=O)COC(=O)COc2cccc(Cl)c2)cc1. The number of sulfonamides is 1. The van der Waals surface area contributed by atoms with Crippen molar-refractivity contribution in [3.63, 3.8) is 0 Å². The van der Waals surface area contributed by atoms with Crippen LogP contribution in [0.15, 0.2) is 53.4 Å². The highest BCUT2D eigenvalue weighted by atomic mass is 35.5. The number of nitrogens with zero attached hydrogens (tertiary/aromatic N) is 1. The summed E-state index contributed by atoms with van der Waals surface area (Å²) in [6.07, 6.45) is 0. The number of carbonyl (C=O) groups is 2. The van der Waals surface area contributed by atoms with Crippen LogP contribution in [0.1, 0.15) is 13.8 Å². The number of anilines is 1. The Morgan fingerprint density at radius 1 is 1.03 bits per heavy atom. The summed E-state index contributed by atoms with van der Waals surface area (Å²) in [5.74, 6) is -0.875. The molecule has 0 fully saturated rings. The first-order valence-electron chi connectivity index (χ1n) is 9.20. The molecule has 0 radical (unpaired) electrons. The number of nitrogens with one attached hydrogen (secondary N) is 1. The molecule has 0 aromatic heterocycles. The fraction of sp³-hybridized carbons (Fsp3) is 0.300. The molecule has 0 bridgehead atoms. The van der Waals surface area contributed by atoms with Gasteiger partial charge in [0, 0.05) is 23.8 Å². The van der Waals surface area contributed by atoms with Gasteiger partial charge in [-0.15, -0.1) is 0 Å². The Morgan fingerprint density at radius 2 is 1.70 bits per heavy atom. The van der Waals surface area contributed by atoms with Crippen LogP contribution >= 0.6 is 11.6 Å². The maximum atomic E-state index is 12.4. The molecule has 2 aromatic rings. The Balaban J connectivity index is 1.82. The van der Waals surface area contributed by atoms with Crippen molar-refractivity contribution in [2.45, 2.75) is 18.7 Å². The topological polar surface area (TPSA) is 102 Å². The maximum Gasteiger partial charge on any atom is 0.344 e. The summed E-state index contributed by atoms with van der Waals surface area (Å²) < 4.78 is 36.3. The van der Waals surface area contributed by atoms with Gasteiger partial charge in [-0.25, -0.2) is 13.2 Å². The number of hydrogen-bond donors (Lipinski definition) is 1. The van der Waals surface area contributed by atoms with Crippen LogP contribution in [-0.2, 0) is 24.3 Å². The van der Waals surface area contributed by atoms with Crippen molar-refractivity contribution in [2.24, 2.45) is 0 Å². The van der Waals surface area contributed by atoms with Crippen LogP contribution in [0.5, 0.6) is 5.75 Å². The zero-order valence-corrected chi connectivity index (χ0v) is 18.2. The van der Waals surface area contributed by atoms with Gasteiger partial charge in [-0.1, -0.05) is 31.5 Å². The molecule has 30 heavy (non-hydrogen) atoms. The Kier molecular flexibility index (Phi) is 8.64. The molecule has 0 aliphatic carbocycles. The number of hydrogen-bond acceptors (Lipinski definition) is 6. The van der Waals surface area contributed by atoms with Crippen LogP contribution in [0, 0.1) is 0 Å². The number of benzene rings is 2. The van der Waals surface area contributed by atoms with Gasteiger partial charge >= 0.3 is 5.97 Å². The van der Waals surface area contributed by atoms with E-state index < -0.39 is 28.5 Å². The third kappa shape index (κ3) is 6.72. The van der Waals surface area contributed by atoms with E-state index in [0.717, 1.165) is 0 Å². The molecule has 0 spiro atoms. The molecule has 0 atom stereocenters. The molecule has 8 nitrogen and oxygen atoms in total. The molecule has 1 amide bonds. The van der Waals surface area contributed by atoms with Crippen molar-refractivity contribution in [2.75, 3.05) is 31.6 Å². The molecule has 2 aromatic carbocycles. The van der Waals surface area contributed by atoms with E-state index in [0.29, 0.717) is 29.5 Å². The Morgan fingerprint density at radius 3 is 2.30 bits per heavy atom. The van der Waals surface area contributed by atoms with Gasteiger partial charge in [0.15, 0.2) is 13.2 Å². The summed E-state index contributed by atoms with van der Waals surface area (Å²) in [5, 5.41) is 3.00. The van der Waals surface area contributed by atoms with Crippen molar-refractivity contribution in [3.05, 3.63) is 53.6 Å². The molecule has 10 heteroatoms. The van der Waals surface area contributed by atoms with Gasteiger partial charge in [0.05, 0.1) is 4.90 Å². The summed E-state index contributed by atoms with van der Waals surface area (Å²) in [7, 11) is -3.57. The molecule has 0 unspecified atom stereocenters. The summed E-state index contributed by atoms with van der Waals surface area (Å²) >= 11 is 5.82. The zero-order chi connectivity index (χ0) is 22.1. The fourth-order valence-electron chi connectivity index (χ4n) is 2.51. The number of esters is 1. The van der Waals surface area contributed by atoms with E-state index in [4.69, 9.17) is 21.1 Å². The van der Waals surface area contributed by atoms with Crippen LogP contribution < -0.4 is 10.1 Å². The quantitative estimate of drug-likeness (QED) is 0.554. The van der Waals surface area contributed by atoms with E-state index in [2.05, 4.69) is 5.32 Å². The number of amides is 1. The molecule has 0 saturated carbocycles. The van der Waals surface area contributed by atoms with Crippen LogP contribution in [-0.4, -0.2) is 50.9 Å². The second-order valence-corrected chi connectivity index (χ2v) is 8.44. The number of rotatable bonds is 10. The van der Waals surface area contributed by atoms with E-state index in [1.54, 1.807) is 38.1 Å². The first-order chi connectivity index (χ1) is 14.3. The predicted octanol–water partition coefficient (Wildman–Crippen LogP) is 2.93. The van der Waals surface area contributed by atoms with E-state index in [1.807, 2.05) is 0 Å². The van der Waals surface area contributed by atoms with Crippen molar-refractivity contribution in [1.29, 1.82) is 0 Å². The molecule has 2 rings (SSSR count). The third-order valence-corrected chi connectivity index (χ3v) is 6.30. The lowest BCUT2D eigenvalue weighted by Crippen LogP contribution is -2.30. The van der Waals surface area contributed by atoms with Gasteiger partial charge in [-0.05, 0) is 42.5 Å². The second kappa shape index (κ2) is 11.0. The molecule has 0 aliphatic rings. The first-order valence-corrected chi connectivity index (χ1v) is 11.0. The fourth-order valence-corrected chi connectivity index (χ4v) is 4.14. The molecular formula is C20H23ClN2O6S. The second-order valence-electron chi connectivity index (χ2n) is 6.07. The third-order valence-electron chi connectivity index (χ3n) is 4.00. The van der Waals surface area contributed by atoms with Gasteiger partial charge < -0.3 is 14.8 Å². The lowest BCUT2D eigenvalue weighted by atomic mass is 10.3. The Hall–Kier alpha value is -2.62. The zero-order valence-electron chi connectivity index (χ0n) is 16.6. The van der Waals surface area contributed by atoms with Crippen molar-refractivity contribution in [3.8, 4) is 5.75 Å².